The first-order valence-electron chi connectivity index (χ1n) is 6.11. The van der Waals surface area contributed by atoms with E-state index < -0.39 is 0 Å². The molecule has 0 bridgehead atoms. The third kappa shape index (κ3) is 2.19. The van der Waals surface area contributed by atoms with Gasteiger partial charge in [-0.3, -0.25) is 4.79 Å². The Morgan fingerprint density at radius 3 is 2.89 bits per heavy atom. The number of benzene rings is 1. The van der Waals surface area contributed by atoms with E-state index in [2.05, 4.69) is 0 Å². The molecule has 2 N–H and O–H groups in total. The summed E-state index contributed by atoms with van der Waals surface area (Å²) in [5.41, 5.74) is 8.45. The fourth-order valence-corrected chi connectivity index (χ4v) is 2.51. The van der Waals surface area contributed by atoms with Crippen molar-refractivity contribution >= 4 is 28.9 Å². The zero-order valence-electron chi connectivity index (χ0n) is 10.2. The van der Waals surface area contributed by atoms with Crippen molar-refractivity contribution in [3.05, 3.63) is 46.9 Å². The number of carbonyl (C=O) groups excluding carboxylic acids is 1. The van der Waals surface area contributed by atoms with Gasteiger partial charge in [0.05, 0.1) is 0 Å². The highest BCUT2D eigenvalue weighted by Crippen LogP contribution is 2.30. The Labute approximate surface area is 115 Å². The maximum Gasteiger partial charge on any atom is 0.294 e. The van der Waals surface area contributed by atoms with Crippen molar-refractivity contribution in [3.8, 4) is 0 Å². The first-order chi connectivity index (χ1) is 9.15. The molecule has 2 aromatic rings. The van der Waals surface area contributed by atoms with Crippen LogP contribution in [-0.2, 0) is 6.42 Å². The molecule has 0 atom stereocenters. The minimum atomic E-state index is -0.182. The molecule has 0 spiro atoms. The van der Waals surface area contributed by atoms with Gasteiger partial charge in [-0.2, -0.15) is 0 Å². The van der Waals surface area contributed by atoms with E-state index >= 15 is 0 Å². The Bertz CT molecular complexity index is 636. The SMILES string of the molecule is Nc1ccc2c(c1)N(C(=O)c1ccc(Cl)o1)CCC2. The third-order valence-corrected chi connectivity index (χ3v) is 3.46. The van der Waals surface area contributed by atoms with Gasteiger partial charge in [0.15, 0.2) is 11.0 Å². The minimum Gasteiger partial charge on any atom is -0.440 e. The average Bonchev–Trinajstić information content (AvgIpc) is 2.84. The molecule has 2 heterocycles. The summed E-state index contributed by atoms with van der Waals surface area (Å²) in [5.74, 6) is 0.0683. The molecule has 1 aromatic carbocycles. The summed E-state index contributed by atoms with van der Waals surface area (Å²) in [6.07, 6.45) is 1.88. The van der Waals surface area contributed by atoms with Crippen LogP contribution in [0.15, 0.2) is 34.7 Å². The van der Waals surface area contributed by atoms with Crippen LogP contribution in [0.3, 0.4) is 0 Å². The van der Waals surface area contributed by atoms with E-state index in [0.717, 1.165) is 24.1 Å². The predicted molar refractivity (Wildman–Crippen MR) is 74.6 cm³/mol. The van der Waals surface area contributed by atoms with Crippen LogP contribution in [0, 0.1) is 0 Å². The van der Waals surface area contributed by atoms with Crippen molar-refractivity contribution in [2.75, 3.05) is 17.2 Å². The molecule has 98 valence electrons. The van der Waals surface area contributed by atoms with Crippen LogP contribution in [0.1, 0.15) is 22.5 Å². The molecule has 0 radical (unpaired) electrons. The number of hydrogen-bond donors (Lipinski definition) is 1. The van der Waals surface area contributed by atoms with Crippen LogP contribution in [0.2, 0.25) is 5.22 Å². The highest BCUT2D eigenvalue weighted by Gasteiger charge is 2.25. The number of aryl methyl sites for hydroxylation is 1. The number of amides is 1. The standard InChI is InChI=1S/C14H13ClN2O2/c15-13-6-5-12(19-13)14(18)17-7-1-2-9-3-4-10(16)8-11(9)17/h3-6,8H,1-2,7,16H2. The molecule has 0 aliphatic carbocycles. The number of fused-ring (bicyclic) bond motifs is 1. The summed E-state index contributed by atoms with van der Waals surface area (Å²) in [4.78, 5) is 14.1. The van der Waals surface area contributed by atoms with E-state index in [1.165, 1.54) is 0 Å². The van der Waals surface area contributed by atoms with Gasteiger partial charge in [0.2, 0.25) is 0 Å². The van der Waals surface area contributed by atoms with E-state index in [1.54, 1.807) is 17.0 Å². The second-order valence-corrected chi connectivity index (χ2v) is 4.92. The van der Waals surface area contributed by atoms with Gasteiger partial charge >= 0.3 is 0 Å². The first-order valence-corrected chi connectivity index (χ1v) is 6.48. The van der Waals surface area contributed by atoms with Gasteiger partial charge in [-0.1, -0.05) is 6.07 Å². The lowest BCUT2D eigenvalue weighted by Crippen LogP contribution is -2.35. The lowest BCUT2D eigenvalue weighted by atomic mass is 10.0. The van der Waals surface area contributed by atoms with Crippen molar-refractivity contribution in [2.24, 2.45) is 0 Å². The number of nitrogens with two attached hydrogens (primary N) is 1. The number of rotatable bonds is 1. The normalized spacial score (nSPS) is 14.3. The van der Waals surface area contributed by atoms with Crippen molar-refractivity contribution in [2.45, 2.75) is 12.8 Å². The van der Waals surface area contributed by atoms with Crippen LogP contribution in [0.25, 0.3) is 0 Å². The first kappa shape index (κ1) is 12.1. The van der Waals surface area contributed by atoms with E-state index in [0.29, 0.717) is 12.2 Å². The molecule has 0 fully saturated rings. The largest absolute Gasteiger partial charge is 0.440 e. The van der Waals surface area contributed by atoms with E-state index in [4.69, 9.17) is 21.8 Å². The molecule has 4 nitrogen and oxygen atoms in total. The molecule has 1 aromatic heterocycles. The molecule has 3 rings (SSSR count). The second kappa shape index (κ2) is 4.63. The summed E-state index contributed by atoms with van der Waals surface area (Å²) >= 11 is 5.71. The lowest BCUT2D eigenvalue weighted by molar-refractivity contribution is 0.0958. The lowest BCUT2D eigenvalue weighted by Gasteiger charge is -2.29. The van der Waals surface area contributed by atoms with Crippen molar-refractivity contribution < 1.29 is 9.21 Å². The van der Waals surface area contributed by atoms with Crippen LogP contribution >= 0.6 is 11.6 Å². The van der Waals surface area contributed by atoms with Gasteiger partial charge < -0.3 is 15.1 Å². The third-order valence-electron chi connectivity index (χ3n) is 3.26. The smallest absolute Gasteiger partial charge is 0.294 e. The zero-order valence-corrected chi connectivity index (χ0v) is 11.0. The van der Waals surface area contributed by atoms with Gasteiger partial charge in [0.1, 0.15) is 0 Å². The maximum atomic E-state index is 12.4. The predicted octanol–water partition coefficient (Wildman–Crippen LogP) is 3.11. The monoisotopic (exact) mass is 276 g/mol. The summed E-state index contributed by atoms with van der Waals surface area (Å²) in [7, 11) is 0. The van der Waals surface area contributed by atoms with Crippen molar-refractivity contribution in [1.82, 2.24) is 0 Å². The number of anilines is 2. The maximum absolute atomic E-state index is 12.4. The molecule has 1 amide bonds. The van der Waals surface area contributed by atoms with Crippen molar-refractivity contribution in [1.29, 1.82) is 0 Å². The van der Waals surface area contributed by atoms with Crippen LogP contribution in [0.5, 0.6) is 0 Å². The van der Waals surface area contributed by atoms with Crippen molar-refractivity contribution in [3.63, 3.8) is 0 Å². The highest BCUT2D eigenvalue weighted by atomic mass is 35.5. The number of halogens is 1. The Kier molecular flexibility index (Phi) is 2.95. The fraction of sp³-hybridized carbons (Fsp3) is 0.214. The highest BCUT2D eigenvalue weighted by molar-refractivity contribution is 6.29. The summed E-state index contributed by atoms with van der Waals surface area (Å²) in [6.45, 7) is 0.660. The summed E-state index contributed by atoms with van der Waals surface area (Å²) < 4.78 is 5.19. The summed E-state index contributed by atoms with van der Waals surface area (Å²) in [5, 5.41) is 0.216. The molecule has 0 saturated heterocycles. The van der Waals surface area contributed by atoms with Crippen LogP contribution in [0.4, 0.5) is 11.4 Å². The number of carbonyl (C=O) groups is 1. The van der Waals surface area contributed by atoms with Gasteiger partial charge in [-0.15, -0.1) is 0 Å². The quantitative estimate of drug-likeness (QED) is 0.814. The van der Waals surface area contributed by atoms with E-state index in [1.807, 2.05) is 18.2 Å². The molecule has 0 unspecified atom stereocenters. The Balaban J connectivity index is 1.99. The molecule has 0 saturated carbocycles. The summed E-state index contributed by atoms with van der Waals surface area (Å²) in [6, 6.07) is 8.82. The Morgan fingerprint density at radius 2 is 2.16 bits per heavy atom. The number of nitrogen functional groups attached to an aromatic ring is 1. The van der Waals surface area contributed by atoms with Crippen LogP contribution < -0.4 is 10.6 Å². The fourth-order valence-electron chi connectivity index (χ4n) is 2.36. The van der Waals surface area contributed by atoms with E-state index in [-0.39, 0.29) is 16.9 Å². The van der Waals surface area contributed by atoms with Gasteiger partial charge in [-0.05, 0) is 54.3 Å². The van der Waals surface area contributed by atoms with E-state index in [9.17, 15) is 4.79 Å². The van der Waals surface area contributed by atoms with Gasteiger partial charge in [0, 0.05) is 17.9 Å². The Hall–Kier alpha value is -1.94. The molecular formula is C14H13ClN2O2. The molecule has 5 heteroatoms. The van der Waals surface area contributed by atoms with Gasteiger partial charge in [-0.25, -0.2) is 0 Å². The molecule has 1 aliphatic heterocycles. The molecule has 19 heavy (non-hydrogen) atoms. The number of nitrogens with zero attached hydrogens (tertiary/aromatic N) is 1. The molecular weight excluding hydrogens is 264 g/mol. The minimum absolute atomic E-state index is 0.182. The zero-order chi connectivity index (χ0) is 13.4. The van der Waals surface area contributed by atoms with Gasteiger partial charge in [0.25, 0.3) is 5.91 Å². The number of hydrogen-bond acceptors (Lipinski definition) is 3. The second-order valence-electron chi connectivity index (χ2n) is 4.55. The van der Waals surface area contributed by atoms with Crippen LogP contribution in [-0.4, -0.2) is 12.5 Å². The Morgan fingerprint density at radius 1 is 1.32 bits per heavy atom. The average molecular weight is 277 g/mol. The topological polar surface area (TPSA) is 59.5 Å². The molecule has 1 aliphatic rings. The number of furan rings is 1.